The van der Waals surface area contributed by atoms with Gasteiger partial charge in [-0.15, -0.1) is 0 Å². The van der Waals surface area contributed by atoms with E-state index in [9.17, 15) is 14.9 Å². The van der Waals surface area contributed by atoms with E-state index in [1.54, 1.807) is 26.2 Å². The van der Waals surface area contributed by atoms with E-state index in [-0.39, 0.29) is 19.6 Å². The van der Waals surface area contributed by atoms with Gasteiger partial charge in [0.1, 0.15) is 0 Å². The summed E-state index contributed by atoms with van der Waals surface area (Å²) in [6.45, 7) is 7.51. The highest BCUT2D eigenvalue weighted by Crippen LogP contribution is 2.44. The fourth-order valence-electron chi connectivity index (χ4n) is 3.35. The van der Waals surface area contributed by atoms with E-state index in [4.69, 9.17) is 13.9 Å². The van der Waals surface area contributed by atoms with Gasteiger partial charge in [-0.2, -0.15) is 5.26 Å². The van der Waals surface area contributed by atoms with Crippen molar-refractivity contribution in [2.24, 2.45) is 5.92 Å². The van der Waals surface area contributed by atoms with Gasteiger partial charge in [0.05, 0.1) is 31.8 Å². The Kier molecular flexibility index (Phi) is 6.40. The van der Waals surface area contributed by atoms with Crippen LogP contribution in [0.1, 0.15) is 42.9 Å². The Bertz CT molecular complexity index is 783. The zero-order valence-electron chi connectivity index (χ0n) is 15.5. The van der Waals surface area contributed by atoms with E-state index in [0.717, 1.165) is 27.8 Å². The number of carbonyl (C=O) groups excluding carboxylic acids is 2. The predicted molar refractivity (Wildman–Crippen MR) is 94.5 cm³/mol. The highest BCUT2D eigenvalue weighted by atomic mass is 16.6. The Hall–Kier alpha value is -2.81. The molecule has 0 saturated heterocycles. The summed E-state index contributed by atoms with van der Waals surface area (Å²) in [4.78, 5) is 25.1. The van der Waals surface area contributed by atoms with Gasteiger partial charge in [0.2, 0.25) is 0 Å². The zero-order chi connectivity index (χ0) is 19.3. The molecule has 0 spiro atoms. The minimum Gasteiger partial charge on any atom is -0.472 e. The lowest BCUT2D eigenvalue weighted by molar-refractivity contribution is -0.162. The molecule has 1 heterocycles. The molecule has 6 heteroatoms. The van der Waals surface area contributed by atoms with Crippen molar-refractivity contribution in [3.8, 4) is 17.2 Å². The largest absolute Gasteiger partial charge is 0.472 e. The highest BCUT2D eigenvalue weighted by molar-refractivity contribution is 5.97. The van der Waals surface area contributed by atoms with E-state index in [0.29, 0.717) is 0 Å². The zero-order valence-corrected chi connectivity index (χ0v) is 15.5. The topological polar surface area (TPSA) is 89.5 Å². The van der Waals surface area contributed by atoms with Crippen LogP contribution in [-0.4, -0.2) is 25.2 Å². The maximum Gasteiger partial charge on any atom is 0.320 e. The Morgan fingerprint density at radius 3 is 2.27 bits per heavy atom. The van der Waals surface area contributed by atoms with Gasteiger partial charge in [0.25, 0.3) is 0 Å². The molecule has 0 aromatic heterocycles. The molecule has 0 N–H and O–H groups in total. The van der Waals surface area contributed by atoms with Gasteiger partial charge in [-0.05, 0) is 56.0 Å². The second kappa shape index (κ2) is 8.52. The third-order valence-electron chi connectivity index (χ3n) is 4.62. The van der Waals surface area contributed by atoms with Crippen LogP contribution in [0.5, 0.6) is 0 Å². The van der Waals surface area contributed by atoms with Crippen LogP contribution in [0.3, 0.4) is 0 Å². The summed E-state index contributed by atoms with van der Waals surface area (Å²) in [5, 5.41) is 9.37. The molecular weight excluding hydrogens is 334 g/mol. The van der Waals surface area contributed by atoms with Crippen LogP contribution >= 0.6 is 0 Å². The van der Waals surface area contributed by atoms with E-state index < -0.39 is 23.8 Å². The summed E-state index contributed by atoms with van der Waals surface area (Å²) in [5.41, 5.74) is 4.48. The van der Waals surface area contributed by atoms with Gasteiger partial charge < -0.3 is 13.9 Å². The first-order valence-corrected chi connectivity index (χ1v) is 8.62. The number of carbonyl (C=O) groups is 2. The first kappa shape index (κ1) is 19.5. The van der Waals surface area contributed by atoms with E-state index >= 15 is 0 Å². The van der Waals surface area contributed by atoms with Crippen LogP contribution in [0.2, 0.25) is 0 Å². The molecule has 0 aromatic carbocycles. The Morgan fingerprint density at radius 1 is 1.12 bits per heavy atom. The van der Waals surface area contributed by atoms with E-state index in [1.165, 1.54) is 6.26 Å². The first-order chi connectivity index (χ1) is 12.5. The third kappa shape index (κ3) is 3.57. The molecule has 1 atom stereocenters. The lowest BCUT2D eigenvalue weighted by Crippen LogP contribution is -2.33. The summed E-state index contributed by atoms with van der Waals surface area (Å²) in [7, 11) is 0. The van der Waals surface area contributed by atoms with Crippen molar-refractivity contribution < 1.29 is 23.5 Å². The molecule has 0 radical (unpaired) electrons. The molecule has 138 valence electrons. The normalized spacial score (nSPS) is 12.0. The van der Waals surface area contributed by atoms with Gasteiger partial charge in [-0.25, -0.2) is 0 Å². The molecule has 26 heavy (non-hydrogen) atoms. The molecule has 2 rings (SSSR count). The number of hydrogen-bond donors (Lipinski definition) is 0. The highest BCUT2D eigenvalue weighted by Gasteiger charge is 2.41. The van der Waals surface area contributed by atoms with Crippen molar-refractivity contribution in [3.05, 3.63) is 35.3 Å². The molecule has 2 aliphatic rings. The average Bonchev–Trinajstić information content (AvgIpc) is 2.86. The lowest BCUT2D eigenvalue weighted by Gasteiger charge is -2.24. The number of rotatable bonds is 7. The maximum absolute atomic E-state index is 12.6. The molecule has 6 nitrogen and oxygen atoms in total. The molecule has 0 aromatic rings. The standard InChI is InChI=1S/C20H23NO5/c1-5-25-19(22)18(20(23)26-6-2)15(7-9-21)17-13(4)12(3)16-11-24-10-8-14(16)17/h8,10-11,15,18H,5-7H2,1-4H3. The fraction of sp³-hybridized carbons (Fsp3) is 0.450. The minimum atomic E-state index is -1.18. The van der Waals surface area contributed by atoms with E-state index in [1.807, 2.05) is 13.8 Å². The summed E-state index contributed by atoms with van der Waals surface area (Å²) in [6, 6.07) is 3.90. The summed E-state index contributed by atoms with van der Waals surface area (Å²) >= 11 is 0. The molecular formula is C20H23NO5. The molecule has 1 unspecified atom stereocenters. The maximum atomic E-state index is 12.6. The predicted octanol–water partition coefficient (Wildman–Crippen LogP) is 3.74. The lowest BCUT2D eigenvalue weighted by atomic mass is 9.81. The molecule has 1 aliphatic carbocycles. The van der Waals surface area contributed by atoms with Crippen molar-refractivity contribution >= 4 is 11.9 Å². The van der Waals surface area contributed by atoms with Gasteiger partial charge in [-0.1, -0.05) is 0 Å². The molecule has 0 fully saturated rings. The SMILES string of the molecule is CCOC(=O)C(C(=O)OCC)C(CC#N)c1c2ccocc-2c(C)c1C. The molecule has 0 amide bonds. The Morgan fingerprint density at radius 2 is 1.73 bits per heavy atom. The number of ether oxygens (including phenoxy) is 2. The van der Waals surface area contributed by atoms with Crippen LogP contribution < -0.4 is 0 Å². The number of nitriles is 1. The van der Waals surface area contributed by atoms with Gasteiger partial charge in [-0.3, -0.25) is 9.59 Å². The van der Waals surface area contributed by atoms with Crippen molar-refractivity contribution in [2.75, 3.05) is 13.2 Å². The van der Waals surface area contributed by atoms with Crippen LogP contribution in [0.25, 0.3) is 11.1 Å². The second-order valence-electron chi connectivity index (χ2n) is 6.00. The van der Waals surface area contributed by atoms with Crippen LogP contribution in [0.15, 0.2) is 23.0 Å². The Balaban J connectivity index is 2.63. The summed E-state index contributed by atoms with van der Waals surface area (Å²) in [6.07, 6.45) is 3.17. The second-order valence-corrected chi connectivity index (χ2v) is 6.00. The van der Waals surface area contributed by atoms with Crippen molar-refractivity contribution in [1.82, 2.24) is 0 Å². The number of nitrogens with zero attached hydrogens (tertiary/aromatic N) is 1. The van der Waals surface area contributed by atoms with Crippen molar-refractivity contribution in [1.29, 1.82) is 5.26 Å². The van der Waals surface area contributed by atoms with Crippen LogP contribution in [-0.2, 0) is 19.1 Å². The van der Waals surface area contributed by atoms with Gasteiger partial charge in [0.15, 0.2) is 5.92 Å². The average molecular weight is 357 g/mol. The number of fused-ring (bicyclic) bond motifs is 1. The van der Waals surface area contributed by atoms with Crippen LogP contribution in [0.4, 0.5) is 0 Å². The molecule has 0 saturated carbocycles. The quantitative estimate of drug-likeness (QED) is 0.554. The monoisotopic (exact) mass is 357 g/mol. The first-order valence-electron chi connectivity index (χ1n) is 8.62. The number of hydrogen-bond acceptors (Lipinski definition) is 6. The molecule has 1 aliphatic heterocycles. The molecule has 0 bridgehead atoms. The third-order valence-corrected chi connectivity index (χ3v) is 4.62. The smallest absolute Gasteiger partial charge is 0.320 e. The van der Waals surface area contributed by atoms with Crippen molar-refractivity contribution in [3.63, 3.8) is 0 Å². The fourth-order valence-corrected chi connectivity index (χ4v) is 3.35. The van der Waals surface area contributed by atoms with Gasteiger partial charge >= 0.3 is 11.9 Å². The number of esters is 2. The Labute approximate surface area is 153 Å². The van der Waals surface area contributed by atoms with Crippen molar-refractivity contribution in [2.45, 2.75) is 40.0 Å². The van der Waals surface area contributed by atoms with Gasteiger partial charge in [0, 0.05) is 17.9 Å². The summed E-state index contributed by atoms with van der Waals surface area (Å²) < 4.78 is 15.5. The summed E-state index contributed by atoms with van der Waals surface area (Å²) in [5.74, 6) is -3.18. The van der Waals surface area contributed by atoms with E-state index in [2.05, 4.69) is 6.07 Å². The van der Waals surface area contributed by atoms with Crippen LogP contribution in [0, 0.1) is 31.1 Å². The minimum absolute atomic E-state index is 0.00622.